The zero-order chi connectivity index (χ0) is 6.41. The van der Waals surface area contributed by atoms with E-state index in [1.54, 1.807) is 0 Å². The molecule has 0 heterocycles. The molecule has 3 nitrogen and oxygen atoms in total. The molecule has 0 atom stereocenters. The molecule has 8 heavy (non-hydrogen) atoms. The van der Waals surface area contributed by atoms with E-state index in [1.165, 1.54) is 0 Å². The Morgan fingerprint density at radius 1 is 1.62 bits per heavy atom. The lowest BCUT2D eigenvalue weighted by atomic mass is 10.5. The van der Waals surface area contributed by atoms with Crippen molar-refractivity contribution in [2.24, 2.45) is 0 Å². The Bertz CT molecular complexity index is 60.7. The topological polar surface area (TPSA) is 35.5 Å². The zero-order valence-electron chi connectivity index (χ0n) is 5.09. The van der Waals surface area contributed by atoms with Crippen LogP contribution in [0.1, 0.15) is 13.8 Å². The number of ether oxygens (including phenoxy) is 2. The molecule has 0 rings (SSSR count). The smallest absolute Gasteiger partial charge is 0.295 e. The maximum Gasteiger partial charge on any atom is 0.295 e. The van der Waals surface area contributed by atoms with E-state index in [-0.39, 0.29) is 12.9 Å². The van der Waals surface area contributed by atoms with Gasteiger partial charge in [-0.15, -0.1) is 0 Å². The second-order valence-corrected chi connectivity index (χ2v) is 1.60. The minimum atomic E-state index is 0.0567. The normalized spacial score (nSPS) is 9.38. The summed E-state index contributed by atoms with van der Waals surface area (Å²) in [6, 6.07) is 0. The molecule has 0 aromatic rings. The molecule has 48 valence electrons. The maximum absolute atomic E-state index is 9.48. The fourth-order valence-corrected chi connectivity index (χ4v) is 0.203. The van der Waals surface area contributed by atoms with E-state index in [1.807, 2.05) is 13.8 Å². The highest BCUT2D eigenvalue weighted by atomic mass is 16.7. The van der Waals surface area contributed by atoms with Gasteiger partial charge in [-0.3, -0.25) is 4.79 Å². The van der Waals surface area contributed by atoms with Gasteiger partial charge < -0.3 is 9.47 Å². The molecule has 0 bridgehead atoms. The molecule has 0 radical (unpaired) electrons. The molecule has 0 saturated heterocycles. The molecule has 0 aliphatic heterocycles. The first-order valence-electron chi connectivity index (χ1n) is 2.44. The van der Waals surface area contributed by atoms with Gasteiger partial charge >= 0.3 is 0 Å². The first-order chi connectivity index (χ1) is 3.77. The molecule has 0 aromatic carbocycles. The predicted octanol–water partition coefficient (Wildman–Crippen LogP) is 0.542. The Kier molecular flexibility index (Phi) is 4.26. The van der Waals surface area contributed by atoms with Gasteiger partial charge in [0, 0.05) is 0 Å². The van der Waals surface area contributed by atoms with Crippen molar-refractivity contribution in [2.75, 3.05) is 6.79 Å². The summed E-state index contributed by atoms with van der Waals surface area (Å²) in [5.41, 5.74) is 0. The number of rotatable bonds is 4. The zero-order valence-corrected chi connectivity index (χ0v) is 5.09. The molecule has 3 heteroatoms. The van der Waals surface area contributed by atoms with Gasteiger partial charge in [-0.2, -0.15) is 0 Å². The fourth-order valence-electron chi connectivity index (χ4n) is 0.203. The quantitative estimate of drug-likeness (QED) is 0.307. The van der Waals surface area contributed by atoms with Crippen molar-refractivity contribution >= 4 is 6.47 Å². The van der Waals surface area contributed by atoms with Crippen LogP contribution >= 0.6 is 0 Å². The molecule has 0 spiro atoms. The van der Waals surface area contributed by atoms with Crippen LogP contribution in [-0.2, 0) is 14.3 Å². The summed E-state index contributed by atoms with van der Waals surface area (Å²) in [7, 11) is 0. The van der Waals surface area contributed by atoms with Crippen molar-refractivity contribution in [1.82, 2.24) is 0 Å². The fraction of sp³-hybridized carbons (Fsp3) is 0.800. The van der Waals surface area contributed by atoms with Crippen LogP contribution in [0.4, 0.5) is 0 Å². The van der Waals surface area contributed by atoms with Crippen molar-refractivity contribution in [2.45, 2.75) is 20.0 Å². The summed E-state index contributed by atoms with van der Waals surface area (Å²) < 4.78 is 9.07. The standard InChI is InChI=1S/C5H10O3/c1-5(2)8-4-7-3-6/h3,5H,4H2,1-2H3. The summed E-state index contributed by atoms with van der Waals surface area (Å²) in [5, 5.41) is 0. The van der Waals surface area contributed by atoms with Crippen LogP contribution in [0, 0.1) is 0 Å². The van der Waals surface area contributed by atoms with Gasteiger partial charge in [-0.05, 0) is 13.8 Å². The predicted molar refractivity (Wildman–Crippen MR) is 28.2 cm³/mol. The van der Waals surface area contributed by atoms with Crippen molar-refractivity contribution in [3.63, 3.8) is 0 Å². The van der Waals surface area contributed by atoms with Crippen molar-refractivity contribution in [1.29, 1.82) is 0 Å². The minimum absolute atomic E-state index is 0.0567. The Morgan fingerprint density at radius 3 is 2.62 bits per heavy atom. The molecule has 0 amide bonds. The Hall–Kier alpha value is -0.570. The van der Waals surface area contributed by atoms with Crippen LogP contribution in [0.5, 0.6) is 0 Å². The Morgan fingerprint density at radius 2 is 2.25 bits per heavy atom. The van der Waals surface area contributed by atoms with Gasteiger partial charge in [0.1, 0.15) is 0 Å². The number of carbonyl (C=O) groups is 1. The van der Waals surface area contributed by atoms with Crippen LogP contribution in [-0.4, -0.2) is 19.4 Å². The molecule has 0 aromatic heterocycles. The summed E-state index contributed by atoms with van der Waals surface area (Å²) in [5.74, 6) is 0. The lowest BCUT2D eigenvalue weighted by Crippen LogP contribution is -2.05. The minimum Gasteiger partial charge on any atom is -0.441 e. The van der Waals surface area contributed by atoms with Gasteiger partial charge in [0.15, 0.2) is 6.79 Å². The lowest BCUT2D eigenvalue weighted by Gasteiger charge is -2.03. The van der Waals surface area contributed by atoms with E-state index in [4.69, 9.17) is 4.74 Å². The van der Waals surface area contributed by atoms with Crippen LogP contribution < -0.4 is 0 Å². The number of hydrogen-bond acceptors (Lipinski definition) is 3. The van der Waals surface area contributed by atoms with Gasteiger partial charge in [0.05, 0.1) is 6.10 Å². The van der Waals surface area contributed by atoms with E-state index < -0.39 is 0 Å². The van der Waals surface area contributed by atoms with Gasteiger partial charge in [-0.1, -0.05) is 0 Å². The second kappa shape index (κ2) is 4.59. The highest BCUT2D eigenvalue weighted by molar-refractivity contribution is 5.36. The molecule has 0 aliphatic carbocycles. The van der Waals surface area contributed by atoms with Crippen LogP contribution in [0.2, 0.25) is 0 Å². The summed E-state index contributed by atoms with van der Waals surface area (Å²) >= 11 is 0. The van der Waals surface area contributed by atoms with Crippen LogP contribution in [0.25, 0.3) is 0 Å². The van der Waals surface area contributed by atoms with E-state index in [2.05, 4.69) is 4.74 Å². The summed E-state index contributed by atoms with van der Waals surface area (Å²) in [6.07, 6.45) is 0.120. The van der Waals surface area contributed by atoms with E-state index in [9.17, 15) is 4.79 Å². The Labute approximate surface area is 48.6 Å². The molecule has 0 unspecified atom stereocenters. The van der Waals surface area contributed by atoms with Crippen molar-refractivity contribution in [3.8, 4) is 0 Å². The van der Waals surface area contributed by atoms with Crippen molar-refractivity contribution < 1.29 is 14.3 Å². The second-order valence-electron chi connectivity index (χ2n) is 1.60. The first kappa shape index (κ1) is 7.43. The van der Waals surface area contributed by atoms with Crippen LogP contribution in [0.15, 0.2) is 0 Å². The highest BCUT2D eigenvalue weighted by Gasteiger charge is 1.88. The molecule has 0 N–H and O–H groups in total. The first-order valence-corrected chi connectivity index (χ1v) is 2.44. The summed E-state index contributed by atoms with van der Waals surface area (Å²) in [4.78, 5) is 9.48. The van der Waals surface area contributed by atoms with Crippen LogP contribution in [0.3, 0.4) is 0 Å². The third-order valence-corrected chi connectivity index (χ3v) is 0.537. The molecular formula is C5H10O3. The summed E-state index contributed by atoms with van der Waals surface area (Å²) in [6.45, 7) is 4.16. The highest BCUT2D eigenvalue weighted by Crippen LogP contribution is 1.85. The average Bonchev–Trinajstić information content (AvgIpc) is 1.66. The molecule has 0 fully saturated rings. The number of hydrogen-bond donors (Lipinski definition) is 0. The monoisotopic (exact) mass is 118 g/mol. The van der Waals surface area contributed by atoms with E-state index in [0.717, 1.165) is 0 Å². The van der Waals surface area contributed by atoms with Gasteiger partial charge in [-0.25, -0.2) is 0 Å². The third kappa shape index (κ3) is 5.43. The average molecular weight is 118 g/mol. The molecule has 0 aliphatic rings. The molecule has 0 saturated carbocycles. The van der Waals surface area contributed by atoms with Gasteiger partial charge in [0.25, 0.3) is 6.47 Å². The van der Waals surface area contributed by atoms with Gasteiger partial charge in [0.2, 0.25) is 0 Å². The SMILES string of the molecule is CC(C)OCOC=O. The van der Waals surface area contributed by atoms with E-state index in [0.29, 0.717) is 6.47 Å². The van der Waals surface area contributed by atoms with Crippen molar-refractivity contribution in [3.05, 3.63) is 0 Å². The molecular weight excluding hydrogens is 108 g/mol. The largest absolute Gasteiger partial charge is 0.441 e. The lowest BCUT2D eigenvalue weighted by molar-refractivity contribution is -0.143. The number of carbonyl (C=O) groups excluding carboxylic acids is 1. The third-order valence-electron chi connectivity index (χ3n) is 0.537. The maximum atomic E-state index is 9.48. The Balaban J connectivity index is 2.81. The van der Waals surface area contributed by atoms with E-state index >= 15 is 0 Å².